The Kier molecular flexibility index (Phi) is 6.75. The summed E-state index contributed by atoms with van der Waals surface area (Å²) in [6, 6.07) is 19.0. The molecule has 5 nitrogen and oxygen atoms in total. The van der Waals surface area contributed by atoms with Crippen LogP contribution in [0.4, 0.5) is 14.5 Å². The van der Waals surface area contributed by atoms with Crippen LogP contribution in [0.1, 0.15) is 22.8 Å². The van der Waals surface area contributed by atoms with Gasteiger partial charge in [-0.3, -0.25) is 4.79 Å². The molecule has 7 heteroatoms. The van der Waals surface area contributed by atoms with Gasteiger partial charge in [0.05, 0.1) is 5.56 Å². The van der Waals surface area contributed by atoms with Crippen LogP contribution in [-0.4, -0.2) is 18.0 Å². The van der Waals surface area contributed by atoms with E-state index in [0.29, 0.717) is 12.4 Å². The summed E-state index contributed by atoms with van der Waals surface area (Å²) in [6.45, 7) is 1.63. The zero-order chi connectivity index (χ0) is 21.5. The molecule has 0 saturated heterocycles. The SMILES string of the molecule is C[C@H](OC(=O)c1cccc(OCc2ccccc2)c1)C(=O)Nc1c(F)cccc1F. The van der Waals surface area contributed by atoms with Gasteiger partial charge in [0.2, 0.25) is 0 Å². The highest BCUT2D eigenvalue weighted by atomic mass is 19.1. The normalized spacial score (nSPS) is 11.4. The molecule has 1 N–H and O–H groups in total. The van der Waals surface area contributed by atoms with Gasteiger partial charge in [0.15, 0.2) is 6.10 Å². The number of nitrogens with one attached hydrogen (secondary N) is 1. The topological polar surface area (TPSA) is 64.6 Å². The van der Waals surface area contributed by atoms with Crippen molar-refractivity contribution in [2.24, 2.45) is 0 Å². The van der Waals surface area contributed by atoms with E-state index in [1.54, 1.807) is 12.1 Å². The summed E-state index contributed by atoms with van der Waals surface area (Å²) >= 11 is 0. The number of para-hydroxylation sites is 1. The fraction of sp³-hybridized carbons (Fsp3) is 0.130. The standard InChI is InChI=1S/C23H19F2NO4/c1-15(22(27)26-21-19(24)11-6-12-20(21)25)30-23(28)17-9-5-10-18(13-17)29-14-16-7-3-2-4-8-16/h2-13,15H,14H2,1H3,(H,26,27)/t15-/m0/s1. The highest BCUT2D eigenvalue weighted by molar-refractivity contribution is 5.97. The molecule has 0 radical (unpaired) electrons. The number of esters is 1. The third kappa shape index (κ3) is 5.41. The average Bonchev–Trinajstić information content (AvgIpc) is 2.75. The minimum absolute atomic E-state index is 0.178. The number of benzene rings is 3. The third-order valence-corrected chi connectivity index (χ3v) is 4.18. The first-order valence-corrected chi connectivity index (χ1v) is 9.16. The molecule has 3 aromatic rings. The summed E-state index contributed by atoms with van der Waals surface area (Å²) in [6.07, 6.45) is -1.27. The van der Waals surface area contributed by atoms with Crippen LogP contribution in [0.2, 0.25) is 0 Å². The molecule has 3 rings (SSSR count). The maximum Gasteiger partial charge on any atom is 0.339 e. The van der Waals surface area contributed by atoms with Crippen LogP contribution in [0.3, 0.4) is 0 Å². The van der Waals surface area contributed by atoms with Crippen molar-refractivity contribution in [3.8, 4) is 5.75 Å². The Hall–Kier alpha value is -3.74. The van der Waals surface area contributed by atoms with Crippen molar-refractivity contribution in [1.82, 2.24) is 0 Å². The molecular weight excluding hydrogens is 392 g/mol. The molecule has 0 unspecified atom stereocenters. The molecule has 1 amide bonds. The lowest BCUT2D eigenvalue weighted by Gasteiger charge is -2.14. The number of carbonyl (C=O) groups is 2. The van der Waals surface area contributed by atoms with E-state index < -0.39 is 35.3 Å². The molecule has 0 bridgehead atoms. The predicted octanol–water partition coefficient (Wildman–Crippen LogP) is 4.73. The van der Waals surface area contributed by atoms with Gasteiger partial charge in [-0.15, -0.1) is 0 Å². The second-order valence-corrected chi connectivity index (χ2v) is 6.44. The van der Waals surface area contributed by atoms with Gasteiger partial charge in [0.1, 0.15) is 29.7 Å². The van der Waals surface area contributed by atoms with E-state index in [9.17, 15) is 18.4 Å². The number of ether oxygens (including phenoxy) is 2. The molecule has 3 aromatic carbocycles. The fourth-order valence-corrected chi connectivity index (χ4v) is 2.58. The van der Waals surface area contributed by atoms with Crippen molar-refractivity contribution >= 4 is 17.6 Å². The summed E-state index contributed by atoms with van der Waals surface area (Å²) in [5, 5.41) is 2.09. The highest BCUT2D eigenvalue weighted by Crippen LogP contribution is 2.19. The van der Waals surface area contributed by atoms with Crippen LogP contribution >= 0.6 is 0 Å². The van der Waals surface area contributed by atoms with Crippen LogP contribution in [0, 0.1) is 11.6 Å². The molecule has 30 heavy (non-hydrogen) atoms. The van der Waals surface area contributed by atoms with E-state index in [-0.39, 0.29) is 5.56 Å². The Labute approximate surface area is 172 Å². The van der Waals surface area contributed by atoms with Crippen LogP contribution in [0.5, 0.6) is 5.75 Å². The van der Waals surface area contributed by atoms with Crippen molar-refractivity contribution in [3.05, 3.63) is 95.6 Å². The Morgan fingerprint density at radius 1 is 0.933 bits per heavy atom. The van der Waals surface area contributed by atoms with Crippen LogP contribution in [0.15, 0.2) is 72.8 Å². The second-order valence-electron chi connectivity index (χ2n) is 6.44. The second kappa shape index (κ2) is 9.65. The molecule has 0 aliphatic rings. The van der Waals surface area contributed by atoms with Gasteiger partial charge in [-0.25, -0.2) is 13.6 Å². The first-order chi connectivity index (χ1) is 14.4. The Bertz CT molecular complexity index is 1020. The number of hydrogen-bond acceptors (Lipinski definition) is 4. The number of carbonyl (C=O) groups excluding carboxylic acids is 2. The zero-order valence-corrected chi connectivity index (χ0v) is 16.1. The number of rotatable bonds is 7. The lowest BCUT2D eigenvalue weighted by Crippen LogP contribution is -2.30. The Balaban J connectivity index is 1.60. The lowest BCUT2D eigenvalue weighted by molar-refractivity contribution is -0.123. The summed E-state index contributed by atoms with van der Waals surface area (Å²) in [7, 11) is 0. The molecule has 1 atom stereocenters. The molecule has 154 valence electrons. The maximum atomic E-state index is 13.7. The fourth-order valence-electron chi connectivity index (χ4n) is 2.58. The van der Waals surface area contributed by atoms with E-state index >= 15 is 0 Å². The summed E-state index contributed by atoms with van der Waals surface area (Å²) in [5.74, 6) is -3.02. The highest BCUT2D eigenvalue weighted by Gasteiger charge is 2.21. The Morgan fingerprint density at radius 2 is 1.60 bits per heavy atom. The van der Waals surface area contributed by atoms with Crippen LogP contribution in [-0.2, 0) is 16.1 Å². The van der Waals surface area contributed by atoms with Gasteiger partial charge in [0.25, 0.3) is 5.91 Å². The predicted molar refractivity (Wildman–Crippen MR) is 107 cm³/mol. The minimum Gasteiger partial charge on any atom is -0.489 e. The number of anilines is 1. The van der Waals surface area contributed by atoms with Gasteiger partial charge in [0, 0.05) is 0 Å². The van der Waals surface area contributed by atoms with E-state index in [1.165, 1.54) is 25.1 Å². The third-order valence-electron chi connectivity index (χ3n) is 4.18. The first-order valence-electron chi connectivity index (χ1n) is 9.16. The first kappa shape index (κ1) is 21.0. The van der Waals surface area contributed by atoms with Crippen molar-refractivity contribution in [2.75, 3.05) is 5.32 Å². The molecular formula is C23H19F2NO4. The van der Waals surface area contributed by atoms with Gasteiger partial charge < -0.3 is 14.8 Å². The van der Waals surface area contributed by atoms with E-state index in [4.69, 9.17) is 9.47 Å². The van der Waals surface area contributed by atoms with Gasteiger partial charge >= 0.3 is 5.97 Å². The summed E-state index contributed by atoms with van der Waals surface area (Å²) in [5.41, 5.74) is 0.551. The van der Waals surface area contributed by atoms with Gasteiger partial charge in [-0.2, -0.15) is 0 Å². The lowest BCUT2D eigenvalue weighted by atomic mass is 10.2. The zero-order valence-electron chi connectivity index (χ0n) is 16.1. The summed E-state index contributed by atoms with van der Waals surface area (Å²) < 4.78 is 38.1. The quantitative estimate of drug-likeness (QED) is 0.571. The van der Waals surface area contributed by atoms with Crippen molar-refractivity contribution in [2.45, 2.75) is 19.6 Å². The molecule has 0 fully saturated rings. The summed E-state index contributed by atoms with van der Waals surface area (Å²) in [4.78, 5) is 24.5. The molecule has 0 aromatic heterocycles. The minimum atomic E-state index is -1.27. The smallest absolute Gasteiger partial charge is 0.339 e. The molecule has 0 aliphatic heterocycles. The van der Waals surface area contributed by atoms with Crippen molar-refractivity contribution < 1.29 is 27.8 Å². The number of halogens is 2. The van der Waals surface area contributed by atoms with E-state index in [2.05, 4.69) is 5.32 Å². The number of amides is 1. The maximum absolute atomic E-state index is 13.7. The van der Waals surface area contributed by atoms with Gasteiger partial charge in [-0.1, -0.05) is 42.5 Å². The van der Waals surface area contributed by atoms with Crippen molar-refractivity contribution in [1.29, 1.82) is 0 Å². The van der Waals surface area contributed by atoms with Crippen LogP contribution < -0.4 is 10.1 Å². The molecule has 0 saturated carbocycles. The average molecular weight is 411 g/mol. The molecule has 0 aliphatic carbocycles. The van der Waals surface area contributed by atoms with Gasteiger partial charge in [-0.05, 0) is 42.8 Å². The van der Waals surface area contributed by atoms with E-state index in [0.717, 1.165) is 17.7 Å². The molecule has 0 heterocycles. The number of hydrogen-bond donors (Lipinski definition) is 1. The Morgan fingerprint density at radius 3 is 2.30 bits per heavy atom. The van der Waals surface area contributed by atoms with Crippen LogP contribution in [0.25, 0.3) is 0 Å². The largest absolute Gasteiger partial charge is 0.489 e. The molecule has 0 spiro atoms. The van der Waals surface area contributed by atoms with E-state index in [1.807, 2.05) is 30.3 Å². The monoisotopic (exact) mass is 411 g/mol. The van der Waals surface area contributed by atoms with Crippen molar-refractivity contribution in [3.63, 3.8) is 0 Å².